The van der Waals surface area contributed by atoms with Crippen molar-refractivity contribution < 1.29 is 14.3 Å². The van der Waals surface area contributed by atoms with E-state index in [9.17, 15) is 4.79 Å². The first-order chi connectivity index (χ1) is 12.6. The topological polar surface area (TPSA) is 54.0 Å². The number of nitrogens with zero attached hydrogens (tertiary/aromatic N) is 2. The maximum absolute atomic E-state index is 12.5. The van der Waals surface area contributed by atoms with E-state index in [0.29, 0.717) is 29.6 Å². The number of halogens is 1. The summed E-state index contributed by atoms with van der Waals surface area (Å²) in [6, 6.07) is 13.0. The van der Waals surface area contributed by atoms with Crippen molar-refractivity contribution in [3.63, 3.8) is 0 Å². The lowest BCUT2D eigenvalue weighted by atomic mass is 10.2. The van der Waals surface area contributed by atoms with Crippen LogP contribution in [0.2, 0.25) is 5.02 Å². The van der Waals surface area contributed by atoms with Gasteiger partial charge in [0.05, 0.1) is 19.2 Å². The first kappa shape index (κ1) is 18.2. The molecule has 2 amide bonds. The molecule has 0 aromatic heterocycles. The number of ether oxygens (including phenoxy) is 2. The third-order valence-electron chi connectivity index (χ3n) is 4.39. The van der Waals surface area contributed by atoms with E-state index >= 15 is 0 Å². The smallest absolute Gasteiger partial charge is 0.321 e. The lowest BCUT2D eigenvalue weighted by Gasteiger charge is -2.36. The fraction of sp³-hybridized carbons (Fsp3) is 0.316. The van der Waals surface area contributed by atoms with Gasteiger partial charge in [0.2, 0.25) is 0 Å². The molecule has 2 aromatic carbocycles. The molecule has 7 heteroatoms. The van der Waals surface area contributed by atoms with Crippen molar-refractivity contribution in [2.45, 2.75) is 0 Å². The summed E-state index contributed by atoms with van der Waals surface area (Å²) in [6.07, 6.45) is 0. The predicted molar refractivity (Wildman–Crippen MR) is 104 cm³/mol. The van der Waals surface area contributed by atoms with Gasteiger partial charge in [-0.2, -0.15) is 0 Å². The first-order valence-electron chi connectivity index (χ1n) is 8.39. The Morgan fingerprint density at radius 1 is 1.04 bits per heavy atom. The van der Waals surface area contributed by atoms with Gasteiger partial charge in [-0.15, -0.1) is 0 Å². The van der Waals surface area contributed by atoms with Gasteiger partial charge in [-0.1, -0.05) is 17.7 Å². The highest BCUT2D eigenvalue weighted by molar-refractivity contribution is 6.32. The highest BCUT2D eigenvalue weighted by Gasteiger charge is 2.22. The molecule has 0 bridgehead atoms. The SMILES string of the molecule is COc1cccc(NC(=O)N2CCN(c3ccc(OC)c(Cl)c3)CC2)c1. The second-order valence-corrected chi connectivity index (χ2v) is 6.36. The minimum Gasteiger partial charge on any atom is -0.497 e. The van der Waals surface area contributed by atoms with E-state index < -0.39 is 0 Å². The predicted octanol–water partition coefficient (Wildman–Crippen LogP) is 3.71. The average Bonchev–Trinajstić information content (AvgIpc) is 2.68. The van der Waals surface area contributed by atoms with E-state index in [1.54, 1.807) is 25.2 Å². The second-order valence-electron chi connectivity index (χ2n) is 5.96. The third-order valence-corrected chi connectivity index (χ3v) is 4.68. The molecule has 1 heterocycles. The lowest BCUT2D eigenvalue weighted by molar-refractivity contribution is 0.208. The van der Waals surface area contributed by atoms with Crippen molar-refractivity contribution in [2.75, 3.05) is 50.6 Å². The largest absolute Gasteiger partial charge is 0.497 e. The Bertz CT molecular complexity index is 776. The number of hydrogen-bond acceptors (Lipinski definition) is 4. The van der Waals surface area contributed by atoms with Crippen LogP contribution in [-0.4, -0.2) is 51.3 Å². The number of amides is 2. The number of carbonyl (C=O) groups is 1. The molecule has 1 aliphatic rings. The normalized spacial score (nSPS) is 14.1. The van der Waals surface area contributed by atoms with Crippen LogP contribution < -0.4 is 19.7 Å². The molecule has 0 aliphatic carbocycles. The van der Waals surface area contributed by atoms with Crippen LogP contribution in [0.15, 0.2) is 42.5 Å². The maximum atomic E-state index is 12.5. The number of benzene rings is 2. The molecule has 0 radical (unpaired) electrons. The van der Waals surface area contributed by atoms with Crippen LogP contribution in [0.5, 0.6) is 11.5 Å². The zero-order chi connectivity index (χ0) is 18.5. The van der Waals surface area contributed by atoms with Crippen molar-refractivity contribution in [3.8, 4) is 11.5 Å². The molecule has 138 valence electrons. The summed E-state index contributed by atoms with van der Waals surface area (Å²) in [5.41, 5.74) is 1.75. The minimum absolute atomic E-state index is 0.106. The molecule has 1 saturated heterocycles. The molecule has 0 spiro atoms. The number of anilines is 2. The highest BCUT2D eigenvalue weighted by atomic mass is 35.5. The number of rotatable bonds is 4. The minimum atomic E-state index is -0.106. The summed E-state index contributed by atoms with van der Waals surface area (Å²) in [4.78, 5) is 16.5. The molecule has 3 rings (SSSR count). The van der Waals surface area contributed by atoms with Crippen molar-refractivity contribution in [3.05, 3.63) is 47.5 Å². The number of urea groups is 1. The van der Waals surface area contributed by atoms with Gasteiger partial charge in [0, 0.05) is 43.6 Å². The van der Waals surface area contributed by atoms with E-state index in [-0.39, 0.29) is 6.03 Å². The Balaban J connectivity index is 1.57. The van der Waals surface area contributed by atoms with Crippen molar-refractivity contribution in [1.29, 1.82) is 0 Å². The Kier molecular flexibility index (Phi) is 5.73. The van der Waals surface area contributed by atoms with Crippen LogP contribution in [0.1, 0.15) is 0 Å². The molecule has 0 saturated carbocycles. The molecular weight excluding hydrogens is 354 g/mol. The van der Waals surface area contributed by atoms with Crippen LogP contribution in [0.4, 0.5) is 16.2 Å². The fourth-order valence-corrected chi connectivity index (χ4v) is 3.18. The molecule has 0 atom stereocenters. The van der Waals surface area contributed by atoms with Crippen molar-refractivity contribution >= 4 is 29.0 Å². The molecular formula is C19H22ClN3O3. The Morgan fingerprint density at radius 2 is 1.81 bits per heavy atom. The van der Waals surface area contributed by atoms with Gasteiger partial charge in [0.25, 0.3) is 0 Å². The van der Waals surface area contributed by atoms with Crippen LogP contribution in [0.3, 0.4) is 0 Å². The van der Waals surface area contributed by atoms with E-state index in [1.165, 1.54) is 0 Å². The van der Waals surface area contributed by atoms with E-state index in [1.807, 2.05) is 36.4 Å². The fourth-order valence-electron chi connectivity index (χ4n) is 2.92. The number of methoxy groups -OCH3 is 2. The van der Waals surface area contributed by atoms with E-state index in [2.05, 4.69) is 10.2 Å². The average molecular weight is 376 g/mol. The number of nitrogens with one attached hydrogen (secondary N) is 1. The number of hydrogen-bond donors (Lipinski definition) is 1. The van der Waals surface area contributed by atoms with E-state index in [0.717, 1.165) is 24.5 Å². The molecule has 1 N–H and O–H groups in total. The van der Waals surface area contributed by atoms with Gasteiger partial charge < -0.3 is 24.6 Å². The van der Waals surface area contributed by atoms with Crippen molar-refractivity contribution in [1.82, 2.24) is 4.90 Å². The van der Waals surface area contributed by atoms with Gasteiger partial charge in [-0.3, -0.25) is 0 Å². The molecule has 2 aromatic rings. The summed E-state index contributed by atoms with van der Waals surface area (Å²) < 4.78 is 10.4. The highest BCUT2D eigenvalue weighted by Crippen LogP contribution is 2.29. The molecule has 1 aliphatic heterocycles. The summed E-state index contributed by atoms with van der Waals surface area (Å²) in [7, 11) is 3.20. The Morgan fingerprint density at radius 3 is 2.46 bits per heavy atom. The summed E-state index contributed by atoms with van der Waals surface area (Å²) in [5, 5.41) is 3.50. The molecule has 26 heavy (non-hydrogen) atoms. The molecule has 6 nitrogen and oxygen atoms in total. The van der Waals surface area contributed by atoms with E-state index in [4.69, 9.17) is 21.1 Å². The number of piperazine rings is 1. The summed E-state index contributed by atoms with van der Waals surface area (Å²) >= 11 is 6.21. The molecule has 1 fully saturated rings. The van der Waals surface area contributed by atoms with Gasteiger partial charge >= 0.3 is 6.03 Å². The lowest BCUT2D eigenvalue weighted by Crippen LogP contribution is -2.50. The van der Waals surface area contributed by atoms with Gasteiger partial charge in [-0.05, 0) is 30.3 Å². The zero-order valence-corrected chi connectivity index (χ0v) is 15.6. The van der Waals surface area contributed by atoms with Crippen molar-refractivity contribution in [2.24, 2.45) is 0 Å². The van der Waals surface area contributed by atoms with Crippen LogP contribution in [0, 0.1) is 0 Å². The Hall–Kier alpha value is -2.60. The second kappa shape index (κ2) is 8.19. The Labute approximate surface area is 158 Å². The van der Waals surface area contributed by atoms with Gasteiger partial charge in [0.15, 0.2) is 0 Å². The standard InChI is InChI=1S/C19H22ClN3O3/c1-25-16-5-3-4-14(12-16)21-19(24)23-10-8-22(9-11-23)15-6-7-18(26-2)17(20)13-15/h3-7,12-13H,8-11H2,1-2H3,(H,21,24). The summed E-state index contributed by atoms with van der Waals surface area (Å²) in [6.45, 7) is 2.77. The van der Waals surface area contributed by atoms with Gasteiger partial charge in [-0.25, -0.2) is 4.79 Å². The maximum Gasteiger partial charge on any atom is 0.321 e. The van der Waals surface area contributed by atoms with Crippen LogP contribution in [0.25, 0.3) is 0 Å². The van der Waals surface area contributed by atoms with Gasteiger partial charge in [0.1, 0.15) is 11.5 Å². The first-order valence-corrected chi connectivity index (χ1v) is 8.77. The molecule has 0 unspecified atom stereocenters. The summed E-state index contributed by atoms with van der Waals surface area (Å²) in [5.74, 6) is 1.37. The monoisotopic (exact) mass is 375 g/mol. The quantitative estimate of drug-likeness (QED) is 0.885. The van der Waals surface area contributed by atoms with Crippen LogP contribution >= 0.6 is 11.6 Å². The third kappa shape index (κ3) is 4.14. The zero-order valence-electron chi connectivity index (χ0n) is 14.9. The number of carbonyl (C=O) groups excluding carboxylic acids is 1. The van der Waals surface area contributed by atoms with Crippen LogP contribution in [-0.2, 0) is 0 Å².